The van der Waals surface area contributed by atoms with E-state index in [1.807, 2.05) is 6.92 Å². The van der Waals surface area contributed by atoms with Crippen molar-refractivity contribution in [2.75, 3.05) is 6.54 Å². The SMILES string of the molecule is CCNSC(C)O. The van der Waals surface area contributed by atoms with Crippen LogP contribution in [0.4, 0.5) is 0 Å². The Morgan fingerprint density at radius 2 is 2.43 bits per heavy atom. The maximum atomic E-state index is 8.58. The van der Waals surface area contributed by atoms with Crippen LogP contribution in [0, 0.1) is 0 Å². The van der Waals surface area contributed by atoms with E-state index in [-0.39, 0.29) is 5.44 Å². The maximum Gasteiger partial charge on any atom is 0.110 e. The lowest BCUT2D eigenvalue weighted by atomic mass is 10.8. The normalized spacial score (nSPS) is 14.1. The van der Waals surface area contributed by atoms with Gasteiger partial charge in [-0.2, -0.15) is 0 Å². The highest BCUT2D eigenvalue weighted by Gasteiger charge is 1.89. The Hall–Kier alpha value is 0.270. The molecule has 0 bridgehead atoms. The van der Waals surface area contributed by atoms with Crippen molar-refractivity contribution in [3.63, 3.8) is 0 Å². The molecule has 2 N–H and O–H groups in total. The number of aliphatic hydroxyl groups is 1. The van der Waals surface area contributed by atoms with Gasteiger partial charge in [-0.05, 0) is 6.92 Å². The van der Waals surface area contributed by atoms with Gasteiger partial charge >= 0.3 is 0 Å². The Morgan fingerprint density at radius 3 is 2.57 bits per heavy atom. The zero-order valence-electron chi connectivity index (χ0n) is 4.64. The smallest absolute Gasteiger partial charge is 0.110 e. The molecule has 3 heteroatoms. The fourth-order valence-corrected chi connectivity index (χ4v) is 0.612. The molecule has 0 fully saturated rings. The van der Waals surface area contributed by atoms with Gasteiger partial charge in [0.25, 0.3) is 0 Å². The summed E-state index contributed by atoms with van der Waals surface area (Å²) in [6.07, 6.45) is 0. The summed E-state index contributed by atoms with van der Waals surface area (Å²) in [5.41, 5.74) is -0.292. The standard InChI is InChI=1S/C4H11NOS/c1-3-5-7-4(2)6/h4-6H,3H2,1-2H3. The minimum Gasteiger partial charge on any atom is -0.381 e. The number of rotatable bonds is 3. The second-order valence-corrected chi connectivity index (χ2v) is 2.42. The van der Waals surface area contributed by atoms with E-state index in [1.165, 1.54) is 11.9 Å². The topological polar surface area (TPSA) is 32.3 Å². The number of aliphatic hydroxyl groups excluding tert-OH is 1. The van der Waals surface area contributed by atoms with Crippen molar-refractivity contribution in [1.82, 2.24) is 4.72 Å². The van der Waals surface area contributed by atoms with Gasteiger partial charge < -0.3 is 5.11 Å². The molecule has 44 valence electrons. The van der Waals surface area contributed by atoms with Crippen LogP contribution in [0.5, 0.6) is 0 Å². The molecule has 0 radical (unpaired) electrons. The average molecular weight is 121 g/mol. The number of hydrogen-bond donors (Lipinski definition) is 2. The molecular weight excluding hydrogens is 110 g/mol. The zero-order valence-corrected chi connectivity index (χ0v) is 5.46. The van der Waals surface area contributed by atoms with Crippen LogP contribution in [0.3, 0.4) is 0 Å². The highest BCUT2D eigenvalue weighted by molar-refractivity contribution is 7.97. The minimum atomic E-state index is -0.292. The monoisotopic (exact) mass is 121 g/mol. The van der Waals surface area contributed by atoms with Gasteiger partial charge in [-0.15, -0.1) is 0 Å². The van der Waals surface area contributed by atoms with E-state index in [0.717, 1.165) is 6.54 Å². The van der Waals surface area contributed by atoms with Gasteiger partial charge in [0.15, 0.2) is 0 Å². The summed E-state index contributed by atoms with van der Waals surface area (Å²) in [6.45, 7) is 4.62. The molecule has 0 aliphatic carbocycles. The van der Waals surface area contributed by atoms with Crippen LogP contribution in [0.25, 0.3) is 0 Å². The molecule has 1 unspecified atom stereocenters. The molecule has 7 heavy (non-hydrogen) atoms. The fourth-order valence-electron chi connectivity index (χ4n) is 0.204. The number of hydrogen-bond acceptors (Lipinski definition) is 3. The van der Waals surface area contributed by atoms with Gasteiger partial charge in [-0.25, -0.2) is 0 Å². The summed E-state index contributed by atoms with van der Waals surface area (Å²) in [4.78, 5) is 0. The predicted octanol–water partition coefficient (Wildman–Crippen LogP) is 0.582. The molecule has 0 rings (SSSR count). The highest BCUT2D eigenvalue weighted by Crippen LogP contribution is 1.98. The van der Waals surface area contributed by atoms with E-state index >= 15 is 0 Å². The average Bonchev–Trinajstić information content (AvgIpc) is 1.61. The van der Waals surface area contributed by atoms with Crippen molar-refractivity contribution in [2.45, 2.75) is 19.3 Å². The zero-order chi connectivity index (χ0) is 5.70. The highest BCUT2D eigenvalue weighted by atomic mass is 32.2. The van der Waals surface area contributed by atoms with E-state index in [1.54, 1.807) is 6.92 Å². The van der Waals surface area contributed by atoms with E-state index in [4.69, 9.17) is 5.11 Å². The second kappa shape index (κ2) is 4.43. The fraction of sp³-hybridized carbons (Fsp3) is 1.00. The summed E-state index contributed by atoms with van der Waals surface area (Å²) in [6, 6.07) is 0. The van der Waals surface area contributed by atoms with E-state index in [2.05, 4.69) is 4.72 Å². The van der Waals surface area contributed by atoms with Crippen LogP contribution >= 0.6 is 11.9 Å². The van der Waals surface area contributed by atoms with Crippen LogP contribution in [0.1, 0.15) is 13.8 Å². The quantitative estimate of drug-likeness (QED) is 0.423. The van der Waals surface area contributed by atoms with Gasteiger partial charge in [-0.3, -0.25) is 4.72 Å². The Kier molecular flexibility index (Phi) is 4.60. The first-order chi connectivity index (χ1) is 3.27. The number of nitrogens with one attached hydrogen (secondary N) is 1. The van der Waals surface area contributed by atoms with Crippen molar-refractivity contribution in [1.29, 1.82) is 0 Å². The van der Waals surface area contributed by atoms with Crippen LogP contribution in [0.15, 0.2) is 0 Å². The van der Waals surface area contributed by atoms with Crippen molar-refractivity contribution in [3.05, 3.63) is 0 Å². The third-order valence-corrected chi connectivity index (χ3v) is 1.19. The maximum absolute atomic E-state index is 8.58. The van der Waals surface area contributed by atoms with Crippen molar-refractivity contribution >= 4 is 11.9 Å². The molecule has 0 spiro atoms. The molecule has 0 saturated carbocycles. The molecule has 0 aromatic rings. The van der Waals surface area contributed by atoms with Gasteiger partial charge in [0.2, 0.25) is 0 Å². The lowest BCUT2D eigenvalue weighted by Crippen LogP contribution is -2.07. The largest absolute Gasteiger partial charge is 0.381 e. The van der Waals surface area contributed by atoms with Crippen LogP contribution in [0.2, 0.25) is 0 Å². The van der Waals surface area contributed by atoms with E-state index in [9.17, 15) is 0 Å². The summed E-state index contributed by atoms with van der Waals surface area (Å²) in [7, 11) is 0. The predicted molar refractivity (Wildman–Crippen MR) is 32.9 cm³/mol. The van der Waals surface area contributed by atoms with E-state index in [0.29, 0.717) is 0 Å². The van der Waals surface area contributed by atoms with Crippen LogP contribution in [-0.4, -0.2) is 17.1 Å². The molecule has 0 heterocycles. The lowest BCUT2D eigenvalue weighted by molar-refractivity contribution is 0.283. The molecule has 0 amide bonds. The van der Waals surface area contributed by atoms with E-state index < -0.39 is 0 Å². The van der Waals surface area contributed by atoms with Gasteiger partial charge in [0.05, 0.1) is 0 Å². The molecule has 0 saturated heterocycles. The van der Waals surface area contributed by atoms with Gasteiger partial charge in [0, 0.05) is 6.54 Å². The molecule has 0 aliphatic heterocycles. The third kappa shape index (κ3) is 6.27. The molecule has 0 aromatic heterocycles. The Morgan fingerprint density at radius 1 is 1.86 bits per heavy atom. The molecule has 1 atom stereocenters. The van der Waals surface area contributed by atoms with Crippen molar-refractivity contribution in [3.8, 4) is 0 Å². The summed E-state index contributed by atoms with van der Waals surface area (Å²) >= 11 is 1.34. The van der Waals surface area contributed by atoms with Gasteiger partial charge in [-0.1, -0.05) is 18.9 Å². The molecule has 2 nitrogen and oxygen atoms in total. The minimum absolute atomic E-state index is 0.292. The Balaban J connectivity index is 2.68. The van der Waals surface area contributed by atoms with Crippen LogP contribution in [-0.2, 0) is 0 Å². The van der Waals surface area contributed by atoms with Gasteiger partial charge in [0.1, 0.15) is 5.44 Å². The first-order valence-corrected chi connectivity index (χ1v) is 3.22. The summed E-state index contributed by atoms with van der Waals surface area (Å²) in [5.74, 6) is 0. The third-order valence-electron chi connectivity index (χ3n) is 0.398. The molecule has 0 aromatic carbocycles. The van der Waals surface area contributed by atoms with Crippen molar-refractivity contribution in [2.24, 2.45) is 0 Å². The lowest BCUT2D eigenvalue weighted by Gasteiger charge is -2.00. The first kappa shape index (κ1) is 7.27. The first-order valence-electron chi connectivity index (χ1n) is 2.34. The Labute approximate surface area is 48.4 Å². The molecule has 0 aliphatic rings. The van der Waals surface area contributed by atoms with Crippen LogP contribution < -0.4 is 4.72 Å². The molecular formula is C4H11NOS. The summed E-state index contributed by atoms with van der Waals surface area (Å²) in [5, 5.41) is 8.58. The second-order valence-electron chi connectivity index (χ2n) is 1.22. The summed E-state index contributed by atoms with van der Waals surface area (Å²) < 4.78 is 2.91. The van der Waals surface area contributed by atoms with Crippen molar-refractivity contribution < 1.29 is 5.11 Å². The Bertz CT molecular complexity index is 40.7.